The molecule has 0 radical (unpaired) electrons. The molecule has 1 atom stereocenters. The number of carbonyl (C=O) groups excluding carboxylic acids is 1. The number of rotatable bonds is 7. The van der Waals surface area contributed by atoms with Crippen LogP contribution in [0.1, 0.15) is 31.2 Å². The Balaban J connectivity index is 1.62. The Morgan fingerprint density at radius 2 is 1.95 bits per heavy atom. The molecule has 5 rings (SSSR count). The van der Waals surface area contributed by atoms with Crippen molar-refractivity contribution in [2.75, 3.05) is 25.6 Å². The van der Waals surface area contributed by atoms with Gasteiger partial charge in [0, 0.05) is 43.6 Å². The molecule has 3 heterocycles. The summed E-state index contributed by atoms with van der Waals surface area (Å²) in [6.07, 6.45) is 1.58. The van der Waals surface area contributed by atoms with Crippen molar-refractivity contribution >= 4 is 46.4 Å². The van der Waals surface area contributed by atoms with Gasteiger partial charge in [-0.3, -0.25) is 19.5 Å². The van der Waals surface area contributed by atoms with E-state index in [9.17, 15) is 19.7 Å². The molecular formula is C29H25ClN4O6S. The van der Waals surface area contributed by atoms with Crippen LogP contribution in [0.2, 0.25) is 5.02 Å². The number of anilines is 1. The highest BCUT2D eigenvalue weighted by Crippen LogP contribution is 2.33. The van der Waals surface area contributed by atoms with Gasteiger partial charge in [0.25, 0.3) is 11.2 Å². The molecule has 1 aliphatic heterocycles. The van der Waals surface area contributed by atoms with Gasteiger partial charge in [-0.25, -0.2) is 9.79 Å². The van der Waals surface area contributed by atoms with Crippen molar-refractivity contribution in [2.24, 2.45) is 4.99 Å². The first-order valence-corrected chi connectivity index (χ1v) is 13.8. The van der Waals surface area contributed by atoms with Crippen molar-refractivity contribution < 1.29 is 18.9 Å². The fraction of sp³-hybridized carbons (Fsp3) is 0.207. The fourth-order valence-corrected chi connectivity index (χ4v) is 5.82. The molecule has 0 aliphatic carbocycles. The van der Waals surface area contributed by atoms with Crippen LogP contribution >= 0.6 is 22.9 Å². The minimum Gasteiger partial charge on any atom is -0.463 e. The number of nitro benzene ring substituents is 1. The van der Waals surface area contributed by atoms with Crippen LogP contribution in [0.3, 0.4) is 0 Å². The number of allylic oxidation sites excluding steroid dienone is 1. The van der Waals surface area contributed by atoms with E-state index in [1.165, 1.54) is 34.1 Å². The lowest BCUT2D eigenvalue weighted by Crippen LogP contribution is -2.39. The molecule has 0 amide bonds. The van der Waals surface area contributed by atoms with Gasteiger partial charge in [0.1, 0.15) is 11.5 Å². The average Bonchev–Trinajstić information content (AvgIpc) is 3.52. The van der Waals surface area contributed by atoms with E-state index in [4.69, 9.17) is 20.8 Å². The Morgan fingerprint density at radius 3 is 2.61 bits per heavy atom. The van der Waals surface area contributed by atoms with Gasteiger partial charge in [-0.1, -0.05) is 35.1 Å². The summed E-state index contributed by atoms with van der Waals surface area (Å²) in [7, 11) is 3.86. The van der Waals surface area contributed by atoms with E-state index in [1.807, 2.05) is 43.3 Å². The van der Waals surface area contributed by atoms with Crippen molar-refractivity contribution in [3.05, 3.63) is 112 Å². The van der Waals surface area contributed by atoms with Gasteiger partial charge >= 0.3 is 5.97 Å². The molecular weight excluding hydrogens is 568 g/mol. The summed E-state index contributed by atoms with van der Waals surface area (Å²) < 4.78 is 13.1. The first-order chi connectivity index (χ1) is 19.6. The van der Waals surface area contributed by atoms with E-state index in [1.54, 1.807) is 32.1 Å². The molecule has 0 fully saturated rings. The molecule has 0 spiro atoms. The molecule has 10 nitrogen and oxygen atoms in total. The summed E-state index contributed by atoms with van der Waals surface area (Å²) in [5, 5.41) is 11.5. The number of halogens is 1. The summed E-state index contributed by atoms with van der Waals surface area (Å²) in [4.78, 5) is 44.6. The normalized spacial score (nSPS) is 15.0. The topological polar surface area (TPSA) is 120 Å². The SMILES string of the molecule is CCOC(=O)C1=C(C)N=c2s/c(=C/c3ccc(-c4cc([N+](=O)[O-])ccc4Cl)o3)c(=O)n2[C@@H]1c1ccc(N(C)C)cc1. The maximum absolute atomic E-state index is 13.8. The van der Waals surface area contributed by atoms with Gasteiger partial charge < -0.3 is 14.1 Å². The largest absolute Gasteiger partial charge is 0.463 e. The van der Waals surface area contributed by atoms with Crippen LogP contribution in [0.5, 0.6) is 0 Å². The molecule has 0 bridgehead atoms. The van der Waals surface area contributed by atoms with E-state index in [0.29, 0.717) is 37.7 Å². The van der Waals surface area contributed by atoms with Gasteiger partial charge in [-0.2, -0.15) is 0 Å². The summed E-state index contributed by atoms with van der Waals surface area (Å²) >= 11 is 7.44. The lowest BCUT2D eigenvalue weighted by Gasteiger charge is -2.25. The van der Waals surface area contributed by atoms with Crippen molar-refractivity contribution in [1.29, 1.82) is 0 Å². The molecule has 0 saturated carbocycles. The zero-order valence-corrected chi connectivity index (χ0v) is 24.2. The number of thiazole rings is 1. The zero-order chi connectivity index (χ0) is 29.4. The van der Waals surface area contributed by atoms with Crippen molar-refractivity contribution in [3.63, 3.8) is 0 Å². The number of ether oxygens (including phenoxy) is 1. The maximum Gasteiger partial charge on any atom is 0.338 e. The second-order valence-electron chi connectivity index (χ2n) is 9.41. The van der Waals surface area contributed by atoms with Crippen LogP contribution in [0.4, 0.5) is 11.4 Å². The van der Waals surface area contributed by atoms with E-state index in [0.717, 1.165) is 11.3 Å². The number of benzene rings is 2. The summed E-state index contributed by atoms with van der Waals surface area (Å²) in [6.45, 7) is 3.64. The standard InChI is InChI=1S/C29H25ClN4O6S/c1-5-39-28(36)25-16(2)31-29-33(26(25)17-6-8-18(9-7-17)32(3)4)27(35)24(41-29)15-20-11-13-23(40-20)21-14-19(34(37)38)10-12-22(21)30/h6-15,26H,5H2,1-4H3/b24-15+/t26-/m1/s1. The minimum atomic E-state index is -0.737. The Morgan fingerprint density at radius 1 is 1.22 bits per heavy atom. The number of esters is 1. The number of carbonyl (C=O) groups is 1. The smallest absolute Gasteiger partial charge is 0.338 e. The van der Waals surface area contributed by atoms with Crippen LogP contribution in [0.15, 0.2) is 80.1 Å². The average molecular weight is 593 g/mol. The fourth-order valence-electron chi connectivity index (χ4n) is 4.58. The lowest BCUT2D eigenvalue weighted by molar-refractivity contribution is -0.384. The van der Waals surface area contributed by atoms with Crippen LogP contribution in [0.25, 0.3) is 17.4 Å². The molecule has 41 heavy (non-hydrogen) atoms. The van der Waals surface area contributed by atoms with E-state index in [2.05, 4.69) is 4.99 Å². The number of aromatic nitrogens is 1. The molecule has 210 valence electrons. The van der Waals surface area contributed by atoms with Crippen LogP contribution in [-0.2, 0) is 9.53 Å². The van der Waals surface area contributed by atoms with Crippen LogP contribution in [0, 0.1) is 10.1 Å². The molecule has 4 aromatic rings. The quantitative estimate of drug-likeness (QED) is 0.173. The monoisotopic (exact) mass is 592 g/mol. The molecule has 1 aliphatic rings. The lowest BCUT2D eigenvalue weighted by atomic mass is 9.95. The Bertz CT molecular complexity index is 1880. The third-order valence-electron chi connectivity index (χ3n) is 6.57. The predicted molar refractivity (Wildman–Crippen MR) is 157 cm³/mol. The van der Waals surface area contributed by atoms with Gasteiger partial charge in [-0.05, 0) is 49.7 Å². The first kappa shape index (κ1) is 28.1. The molecule has 0 unspecified atom stereocenters. The minimum absolute atomic E-state index is 0.123. The van der Waals surface area contributed by atoms with E-state index >= 15 is 0 Å². The Hall–Kier alpha value is -4.48. The zero-order valence-electron chi connectivity index (χ0n) is 22.6. The number of nitrogens with zero attached hydrogens (tertiary/aromatic N) is 4. The van der Waals surface area contributed by atoms with E-state index in [-0.39, 0.29) is 22.9 Å². The summed E-state index contributed by atoms with van der Waals surface area (Å²) in [5.74, 6) is 0.132. The number of non-ortho nitro benzene ring substituents is 1. The highest BCUT2D eigenvalue weighted by molar-refractivity contribution is 7.07. The van der Waals surface area contributed by atoms with Gasteiger partial charge in [0.15, 0.2) is 4.80 Å². The highest BCUT2D eigenvalue weighted by atomic mass is 35.5. The van der Waals surface area contributed by atoms with Crippen LogP contribution < -0.4 is 19.8 Å². The van der Waals surface area contributed by atoms with Crippen LogP contribution in [-0.4, -0.2) is 36.2 Å². The first-order valence-electron chi connectivity index (χ1n) is 12.6. The van der Waals surface area contributed by atoms with Gasteiger partial charge in [0.2, 0.25) is 0 Å². The predicted octanol–water partition coefficient (Wildman–Crippen LogP) is 4.69. The summed E-state index contributed by atoms with van der Waals surface area (Å²) in [6, 6.07) is 14.2. The van der Waals surface area contributed by atoms with Crippen molar-refractivity contribution in [3.8, 4) is 11.3 Å². The molecule has 0 N–H and O–H groups in total. The van der Waals surface area contributed by atoms with Gasteiger partial charge in [-0.15, -0.1) is 0 Å². The second-order valence-corrected chi connectivity index (χ2v) is 10.8. The molecule has 2 aromatic heterocycles. The Labute approximate surface area is 243 Å². The third-order valence-corrected chi connectivity index (χ3v) is 7.88. The Kier molecular flexibility index (Phi) is 7.65. The molecule has 12 heteroatoms. The number of hydrogen-bond donors (Lipinski definition) is 0. The third kappa shape index (κ3) is 5.33. The molecule has 0 saturated heterocycles. The molecule has 2 aromatic carbocycles. The van der Waals surface area contributed by atoms with Crippen molar-refractivity contribution in [2.45, 2.75) is 19.9 Å². The maximum atomic E-state index is 13.8. The summed E-state index contributed by atoms with van der Waals surface area (Å²) in [5.41, 5.74) is 2.36. The number of hydrogen-bond acceptors (Lipinski definition) is 9. The van der Waals surface area contributed by atoms with E-state index < -0.39 is 16.9 Å². The number of fused-ring (bicyclic) bond motifs is 1. The number of nitro groups is 1. The van der Waals surface area contributed by atoms with Crippen molar-refractivity contribution in [1.82, 2.24) is 4.57 Å². The second kappa shape index (κ2) is 11.2. The van der Waals surface area contributed by atoms with Gasteiger partial charge in [0.05, 0.1) is 38.4 Å². The highest BCUT2D eigenvalue weighted by Gasteiger charge is 2.33. The number of furan rings is 1.